The molecular weight excluding hydrogens is 374 g/mol. The van der Waals surface area contributed by atoms with E-state index < -0.39 is 40.5 Å². The SMILES string of the molecule is CC(=O)NNC(=O)COC(=O)[C@H](C)NS(=O)(=O)c1c(C)c(C)cc(C)c1C. The van der Waals surface area contributed by atoms with Crippen LogP contribution in [0.5, 0.6) is 0 Å². The van der Waals surface area contributed by atoms with Crippen molar-refractivity contribution < 1.29 is 27.5 Å². The first-order chi connectivity index (χ1) is 12.4. The van der Waals surface area contributed by atoms with Crippen LogP contribution in [0.25, 0.3) is 0 Å². The summed E-state index contributed by atoms with van der Waals surface area (Å²) in [5.74, 6) is -2.17. The van der Waals surface area contributed by atoms with Gasteiger partial charge in [-0.25, -0.2) is 8.42 Å². The number of nitrogens with one attached hydrogen (secondary N) is 3. The Hall–Kier alpha value is -2.46. The summed E-state index contributed by atoms with van der Waals surface area (Å²) in [5, 5.41) is 0. The number of hydrogen-bond donors (Lipinski definition) is 3. The van der Waals surface area contributed by atoms with E-state index in [1.807, 2.05) is 30.8 Å². The van der Waals surface area contributed by atoms with E-state index in [2.05, 4.69) is 4.72 Å². The van der Waals surface area contributed by atoms with Crippen LogP contribution in [0.15, 0.2) is 11.0 Å². The Labute approximate surface area is 158 Å². The van der Waals surface area contributed by atoms with E-state index in [1.165, 1.54) is 13.8 Å². The molecule has 0 saturated heterocycles. The van der Waals surface area contributed by atoms with Crippen molar-refractivity contribution in [3.8, 4) is 0 Å². The van der Waals surface area contributed by atoms with Gasteiger partial charge in [0.1, 0.15) is 6.04 Å². The van der Waals surface area contributed by atoms with Crippen molar-refractivity contribution in [2.45, 2.75) is 52.5 Å². The van der Waals surface area contributed by atoms with Gasteiger partial charge >= 0.3 is 5.97 Å². The van der Waals surface area contributed by atoms with E-state index in [-0.39, 0.29) is 4.90 Å². The number of carbonyl (C=O) groups excluding carboxylic acids is 3. The summed E-state index contributed by atoms with van der Waals surface area (Å²) in [6.45, 7) is 8.88. The number of ether oxygens (including phenoxy) is 1. The molecule has 0 aliphatic carbocycles. The fourth-order valence-electron chi connectivity index (χ4n) is 2.38. The van der Waals surface area contributed by atoms with E-state index in [0.717, 1.165) is 11.1 Å². The summed E-state index contributed by atoms with van der Waals surface area (Å²) in [7, 11) is -3.98. The first-order valence-electron chi connectivity index (χ1n) is 8.18. The molecule has 0 saturated carbocycles. The van der Waals surface area contributed by atoms with E-state index >= 15 is 0 Å². The van der Waals surface area contributed by atoms with Crippen LogP contribution in [0, 0.1) is 27.7 Å². The van der Waals surface area contributed by atoms with Gasteiger partial charge in [0.05, 0.1) is 4.90 Å². The number of amides is 2. The molecule has 0 spiro atoms. The van der Waals surface area contributed by atoms with Crippen molar-refractivity contribution in [2.24, 2.45) is 0 Å². The third kappa shape index (κ3) is 6.04. The molecule has 0 aliphatic rings. The highest BCUT2D eigenvalue weighted by Gasteiger charge is 2.27. The number of benzene rings is 1. The molecule has 2 amide bonds. The molecule has 10 heteroatoms. The smallest absolute Gasteiger partial charge is 0.324 e. The van der Waals surface area contributed by atoms with E-state index in [9.17, 15) is 22.8 Å². The molecule has 27 heavy (non-hydrogen) atoms. The number of carbonyl (C=O) groups is 3. The van der Waals surface area contributed by atoms with Crippen molar-refractivity contribution >= 4 is 27.8 Å². The summed E-state index contributed by atoms with van der Waals surface area (Å²) in [6, 6.07) is 0.693. The van der Waals surface area contributed by atoms with Crippen molar-refractivity contribution in [3.05, 3.63) is 28.3 Å². The van der Waals surface area contributed by atoms with Crippen LogP contribution in [0.2, 0.25) is 0 Å². The van der Waals surface area contributed by atoms with Crippen molar-refractivity contribution in [3.63, 3.8) is 0 Å². The third-order valence-electron chi connectivity index (χ3n) is 3.97. The second kappa shape index (κ2) is 8.96. The Morgan fingerprint density at radius 3 is 2.04 bits per heavy atom. The lowest BCUT2D eigenvalue weighted by molar-refractivity contribution is -0.150. The van der Waals surface area contributed by atoms with Gasteiger partial charge in [-0.2, -0.15) is 4.72 Å². The standard InChI is InChI=1S/C17H25N3O6S/c1-9-7-10(2)12(4)16(11(9)3)27(24,25)20-13(5)17(23)26-8-15(22)19-18-14(6)21/h7,13,20H,8H2,1-6H3,(H,18,21)(H,19,22)/t13-/m0/s1. The van der Waals surface area contributed by atoms with Gasteiger partial charge in [-0.3, -0.25) is 25.2 Å². The molecule has 1 aromatic carbocycles. The minimum Gasteiger partial charge on any atom is -0.454 e. The predicted octanol–water partition coefficient (Wildman–Crippen LogP) is 0.298. The fraction of sp³-hybridized carbons (Fsp3) is 0.471. The monoisotopic (exact) mass is 399 g/mol. The molecule has 0 heterocycles. The lowest BCUT2D eigenvalue weighted by atomic mass is 10.0. The van der Waals surface area contributed by atoms with Gasteiger partial charge in [0.25, 0.3) is 5.91 Å². The average Bonchev–Trinajstić information content (AvgIpc) is 2.55. The van der Waals surface area contributed by atoms with E-state index in [4.69, 9.17) is 4.74 Å². The van der Waals surface area contributed by atoms with Crippen molar-refractivity contribution in [1.82, 2.24) is 15.6 Å². The molecule has 1 atom stereocenters. The Morgan fingerprint density at radius 2 is 1.56 bits per heavy atom. The van der Waals surface area contributed by atoms with Gasteiger partial charge in [0.15, 0.2) is 6.61 Å². The van der Waals surface area contributed by atoms with Crippen LogP contribution < -0.4 is 15.6 Å². The summed E-state index contributed by atoms with van der Waals surface area (Å²) < 4.78 is 32.6. The maximum Gasteiger partial charge on any atom is 0.324 e. The van der Waals surface area contributed by atoms with Gasteiger partial charge in [-0.15, -0.1) is 0 Å². The molecule has 0 unspecified atom stereocenters. The normalized spacial score (nSPS) is 12.2. The fourth-order valence-corrected chi connectivity index (χ4v) is 4.19. The van der Waals surface area contributed by atoms with Crippen LogP contribution >= 0.6 is 0 Å². The summed E-state index contributed by atoms with van der Waals surface area (Å²) in [5.41, 5.74) is 6.90. The molecular formula is C17H25N3O6S. The lowest BCUT2D eigenvalue weighted by Gasteiger charge is -2.18. The Kier molecular flexibility index (Phi) is 7.49. The van der Waals surface area contributed by atoms with Gasteiger partial charge in [0.2, 0.25) is 15.9 Å². The van der Waals surface area contributed by atoms with E-state index in [0.29, 0.717) is 11.1 Å². The zero-order chi connectivity index (χ0) is 20.9. The molecule has 150 valence electrons. The van der Waals surface area contributed by atoms with Crippen molar-refractivity contribution in [1.29, 1.82) is 0 Å². The summed E-state index contributed by atoms with van der Waals surface area (Å²) in [4.78, 5) is 34.2. The average molecular weight is 399 g/mol. The maximum atomic E-state index is 12.8. The van der Waals surface area contributed by atoms with Gasteiger partial charge < -0.3 is 4.74 Å². The van der Waals surface area contributed by atoms with Gasteiger partial charge in [-0.05, 0) is 56.9 Å². The largest absolute Gasteiger partial charge is 0.454 e. The Morgan fingerprint density at radius 1 is 1.04 bits per heavy atom. The number of esters is 1. The second-order valence-corrected chi connectivity index (χ2v) is 7.92. The molecule has 1 rings (SSSR count). The topological polar surface area (TPSA) is 131 Å². The molecule has 0 aliphatic heterocycles. The predicted molar refractivity (Wildman–Crippen MR) is 98.1 cm³/mol. The first-order valence-corrected chi connectivity index (χ1v) is 9.67. The minimum atomic E-state index is -3.98. The third-order valence-corrected chi connectivity index (χ3v) is 5.79. The highest BCUT2D eigenvalue weighted by molar-refractivity contribution is 7.89. The zero-order valence-corrected chi connectivity index (χ0v) is 17.0. The Bertz CT molecular complexity index is 838. The number of aryl methyl sites for hydroxylation is 2. The van der Waals surface area contributed by atoms with Crippen LogP contribution in [-0.4, -0.2) is 38.9 Å². The van der Waals surface area contributed by atoms with Gasteiger partial charge in [-0.1, -0.05) is 6.07 Å². The number of hydrazine groups is 1. The van der Waals surface area contributed by atoms with Crippen LogP contribution in [-0.2, 0) is 29.1 Å². The number of hydrogen-bond acceptors (Lipinski definition) is 6. The molecule has 0 radical (unpaired) electrons. The highest BCUT2D eigenvalue weighted by Crippen LogP contribution is 2.26. The molecule has 3 N–H and O–H groups in total. The molecule has 1 aromatic rings. The maximum absolute atomic E-state index is 12.8. The van der Waals surface area contributed by atoms with E-state index in [1.54, 1.807) is 13.8 Å². The van der Waals surface area contributed by atoms with Gasteiger partial charge in [0, 0.05) is 6.92 Å². The van der Waals surface area contributed by atoms with Crippen LogP contribution in [0.4, 0.5) is 0 Å². The zero-order valence-electron chi connectivity index (χ0n) is 16.2. The lowest BCUT2D eigenvalue weighted by Crippen LogP contribution is -2.44. The number of sulfonamides is 1. The summed E-state index contributed by atoms with van der Waals surface area (Å²) >= 11 is 0. The minimum absolute atomic E-state index is 0.128. The Balaban J connectivity index is 2.84. The summed E-state index contributed by atoms with van der Waals surface area (Å²) in [6.07, 6.45) is 0. The number of rotatable bonds is 6. The highest BCUT2D eigenvalue weighted by atomic mass is 32.2. The van der Waals surface area contributed by atoms with Crippen LogP contribution in [0.1, 0.15) is 36.1 Å². The second-order valence-electron chi connectivity index (χ2n) is 6.27. The molecule has 0 bridgehead atoms. The first kappa shape index (κ1) is 22.6. The molecule has 9 nitrogen and oxygen atoms in total. The quantitative estimate of drug-likeness (QED) is 0.466. The van der Waals surface area contributed by atoms with Crippen molar-refractivity contribution in [2.75, 3.05) is 6.61 Å². The molecule has 0 fully saturated rings. The molecule has 0 aromatic heterocycles. The van der Waals surface area contributed by atoms with Crippen LogP contribution in [0.3, 0.4) is 0 Å².